The predicted molar refractivity (Wildman–Crippen MR) is 123 cm³/mol. The van der Waals surface area contributed by atoms with Gasteiger partial charge in [0.1, 0.15) is 18.3 Å². The van der Waals surface area contributed by atoms with E-state index in [4.69, 9.17) is 0 Å². The van der Waals surface area contributed by atoms with Crippen LogP contribution in [0.4, 0.5) is 0 Å². The number of piperidine rings is 1. The molecule has 4 atom stereocenters. The molecule has 1 spiro atoms. The van der Waals surface area contributed by atoms with Gasteiger partial charge in [-0.15, -0.1) is 0 Å². The maximum atomic E-state index is 13.6. The molecule has 4 fully saturated rings. The van der Waals surface area contributed by atoms with Gasteiger partial charge in [0.25, 0.3) is 0 Å². The summed E-state index contributed by atoms with van der Waals surface area (Å²) in [5.41, 5.74) is 0.991. The first-order valence-electron chi connectivity index (χ1n) is 12.4. The Morgan fingerprint density at radius 2 is 2.03 bits per heavy atom. The van der Waals surface area contributed by atoms with Crippen LogP contribution >= 0.6 is 0 Å². The van der Waals surface area contributed by atoms with E-state index in [1.165, 1.54) is 30.9 Å². The van der Waals surface area contributed by atoms with Crippen molar-refractivity contribution in [3.8, 4) is 0 Å². The maximum absolute atomic E-state index is 13.6. The second-order valence-corrected chi connectivity index (χ2v) is 11.0. The highest BCUT2D eigenvalue weighted by Crippen LogP contribution is 2.59. The predicted octanol–water partition coefficient (Wildman–Crippen LogP) is 1.82. The van der Waals surface area contributed by atoms with Crippen LogP contribution in [0.3, 0.4) is 0 Å². The Kier molecular flexibility index (Phi) is 4.85. The number of ketones is 1. The summed E-state index contributed by atoms with van der Waals surface area (Å²) in [6.07, 6.45) is 11.4. The molecule has 6 rings (SSSR count). The summed E-state index contributed by atoms with van der Waals surface area (Å²) in [5.74, 6) is -0.501. The minimum atomic E-state index is -0.581. The van der Waals surface area contributed by atoms with Crippen LogP contribution in [0.15, 0.2) is 18.5 Å². The molecular weight excluding hydrogens is 434 g/mol. The monoisotopic (exact) mass is 465 g/mol. The first-order valence-corrected chi connectivity index (χ1v) is 12.4. The normalized spacial score (nSPS) is 30.9. The number of rotatable bonds is 6. The first kappa shape index (κ1) is 21.7. The fourth-order valence-corrected chi connectivity index (χ4v) is 6.55. The number of fused-ring (bicyclic) bond motifs is 2. The highest BCUT2D eigenvalue weighted by molar-refractivity contribution is 6.04. The highest BCUT2D eigenvalue weighted by atomic mass is 16.3. The van der Waals surface area contributed by atoms with Gasteiger partial charge in [-0.25, -0.2) is 0 Å². The minimum absolute atomic E-state index is 0.0269. The SMILES string of the molecule is CC(=O)c1nn(CC(=O)N2[C@H](C(=O)N[C@H]3CCCC4(CC4)C3)C[C@@]3(CO)C[C@@H]23)c2cnccc12. The Hall–Kier alpha value is -2.81. The van der Waals surface area contributed by atoms with Crippen molar-refractivity contribution in [1.29, 1.82) is 0 Å². The molecule has 0 radical (unpaired) electrons. The number of aromatic nitrogens is 3. The van der Waals surface area contributed by atoms with Gasteiger partial charge in [0.05, 0.1) is 18.3 Å². The van der Waals surface area contributed by atoms with Crippen LogP contribution in [0.2, 0.25) is 0 Å². The van der Waals surface area contributed by atoms with Crippen LogP contribution in [0.5, 0.6) is 0 Å². The average molecular weight is 466 g/mol. The molecule has 0 unspecified atom stereocenters. The zero-order chi connectivity index (χ0) is 23.7. The average Bonchev–Trinajstić information content (AvgIpc) is 3.67. The summed E-state index contributed by atoms with van der Waals surface area (Å²) >= 11 is 0. The molecule has 9 nitrogen and oxygen atoms in total. The number of Topliss-reactive ketones (excluding diaryl/α,β-unsaturated/α-hetero) is 1. The van der Waals surface area contributed by atoms with Gasteiger partial charge in [-0.3, -0.25) is 24.0 Å². The number of nitrogens with one attached hydrogen (secondary N) is 1. The molecule has 34 heavy (non-hydrogen) atoms. The Morgan fingerprint density at radius 1 is 1.21 bits per heavy atom. The van der Waals surface area contributed by atoms with Crippen LogP contribution < -0.4 is 5.32 Å². The van der Waals surface area contributed by atoms with Crippen molar-refractivity contribution in [2.75, 3.05) is 6.61 Å². The summed E-state index contributed by atoms with van der Waals surface area (Å²) in [6, 6.07) is 1.18. The number of pyridine rings is 1. The van der Waals surface area contributed by atoms with Crippen molar-refractivity contribution in [3.63, 3.8) is 0 Å². The van der Waals surface area contributed by atoms with E-state index in [1.54, 1.807) is 23.4 Å². The molecule has 2 N–H and O–H groups in total. The van der Waals surface area contributed by atoms with E-state index in [9.17, 15) is 19.5 Å². The van der Waals surface area contributed by atoms with Crippen molar-refractivity contribution in [1.82, 2.24) is 25.0 Å². The summed E-state index contributed by atoms with van der Waals surface area (Å²) in [6.45, 7) is 1.34. The van der Waals surface area contributed by atoms with Gasteiger partial charge in [0.15, 0.2) is 5.78 Å². The number of amides is 2. The van der Waals surface area contributed by atoms with E-state index in [-0.39, 0.29) is 48.2 Å². The molecule has 2 aromatic heterocycles. The number of aliphatic hydroxyl groups is 1. The molecule has 1 aliphatic heterocycles. The molecule has 2 amide bonds. The largest absolute Gasteiger partial charge is 0.396 e. The fraction of sp³-hybridized carbons (Fsp3) is 0.640. The molecule has 0 aromatic carbocycles. The van der Waals surface area contributed by atoms with Crippen molar-refractivity contribution in [2.24, 2.45) is 10.8 Å². The molecular formula is C25H31N5O4. The number of carbonyl (C=O) groups excluding carboxylic acids is 3. The lowest BCUT2D eigenvalue weighted by Gasteiger charge is -2.33. The standard InChI is InChI=1S/C25H31N5O4/c1-15(32)22-17-4-8-26-12-19(17)29(28-22)13-21(33)30-18(10-25(14-31)11-20(25)30)23(34)27-16-3-2-5-24(9-16)6-7-24/h4,8,12,16,18,20,31H,2-3,5-7,9-11,13-14H2,1H3,(H,27,34)/t16-,18-,20+,25-/m0/s1. The van der Waals surface area contributed by atoms with Crippen molar-refractivity contribution < 1.29 is 19.5 Å². The van der Waals surface area contributed by atoms with Crippen LogP contribution in [-0.2, 0) is 16.1 Å². The number of carbonyl (C=O) groups is 3. The minimum Gasteiger partial charge on any atom is -0.396 e. The second kappa shape index (κ2) is 7.60. The van der Waals surface area contributed by atoms with Crippen molar-refractivity contribution >= 4 is 28.5 Å². The van der Waals surface area contributed by atoms with Gasteiger partial charge in [0.2, 0.25) is 11.8 Å². The number of nitrogens with zero attached hydrogens (tertiary/aromatic N) is 4. The van der Waals surface area contributed by atoms with E-state index >= 15 is 0 Å². The molecule has 9 heteroatoms. The zero-order valence-corrected chi connectivity index (χ0v) is 19.5. The van der Waals surface area contributed by atoms with Crippen LogP contribution in [0.25, 0.3) is 10.9 Å². The number of aliphatic hydroxyl groups excluding tert-OH is 1. The lowest BCUT2D eigenvalue weighted by atomic mass is 9.83. The topological polar surface area (TPSA) is 117 Å². The van der Waals surface area contributed by atoms with Gasteiger partial charge in [-0.2, -0.15) is 5.10 Å². The summed E-state index contributed by atoms with van der Waals surface area (Å²) < 4.78 is 1.51. The van der Waals surface area contributed by atoms with Crippen LogP contribution in [0.1, 0.15) is 68.8 Å². The Balaban J connectivity index is 1.23. The van der Waals surface area contributed by atoms with Gasteiger partial charge >= 0.3 is 0 Å². The fourth-order valence-electron chi connectivity index (χ4n) is 6.55. The lowest BCUT2D eigenvalue weighted by molar-refractivity contribution is -0.140. The van der Waals surface area contributed by atoms with E-state index in [1.807, 2.05) is 0 Å². The van der Waals surface area contributed by atoms with Gasteiger partial charge < -0.3 is 15.3 Å². The molecule has 0 bridgehead atoms. The van der Waals surface area contributed by atoms with Crippen molar-refractivity contribution in [3.05, 3.63) is 24.2 Å². The molecule has 3 heterocycles. The second-order valence-electron chi connectivity index (χ2n) is 11.0. The number of hydrogen-bond donors (Lipinski definition) is 2. The van der Waals surface area contributed by atoms with E-state index in [2.05, 4.69) is 15.4 Å². The van der Waals surface area contributed by atoms with Crippen LogP contribution in [0, 0.1) is 10.8 Å². The van der Waals surface area contributed by atoms with E-state index < -0.39 is 6.04 Å². The molecule has 3 aliphatic carbocycles. The van der Waals surface area contributed by atoms with E-state index in [0.717, 1.165) is 19.3 Å². The summed E-state index contributed by atoms with van der Waals surface area (Å²) in [4.78, 5) is 44.8. The summed E-state index contributed by atoms with van der Waals surface area (Å²) in [5, 5.41) is 18.3. The van der Waals surface area contributed by atoms with E-state index in [0.29, 0.717) is 34.9 Å². The number of likely N-dealkylation sites (tertiary alicyclic amines) is 1. The third-order valence-corrected chi connectivity index (χ3v) is 8.74. The van der Waals surface area contributed by atoms with Gasteiger partial charge in [0, 0.05) is 36.0 Å². The molecule has 3 saturated carbocycles. The van der Waals surface area contributed by atoms with Crippen LogP contribution in [-0.4, -0.2) is 67.1 Å². The third kappa shape index (κ3) is 3.43. The molecule has 180 valence electrons. The van der Waals surface area contributed by atoms with Gasteiger partial charge in [-0.05, 0) is 56.4 Å². The molecule has 2 aromatic rings. The highest BCUT2D eigenvalue weighted by Gasteiger charge is 2.67. The first-order chi connectivity index (χ1) is 16.3. The maximum Gasteiger partial charge on any atom is 0.245 e. The Morgan fingerprint density at radius 3 is 2.76 bits per heavy atom. The smallest absolute Gasteiger partial charge is 0.245 e. The number of hydrogen-bond acceptors (Lipinski definition) is 6. The molecule has 4 aliphatic rings. The summed E-state index contributed by atoms with van der Waals surface area (Å²) in [7, 11) is 0. The van der Waals surface area contributed by atoms with Crippen molar-refractivity contribution in [2.45, 2.75) is 83.0 Å². The third-order valence-electron chi connectivity index (χ3n) is 8.74. The Labute approximate surface area is 197 Å². The quantitative estimate of drug-likeness (QED) is 0.629. The molecule has 1 saturated heterocycles. The van der Waals surface area contributed by atoms with Gasteiger partial charge in [-0.1, -0.05) is 6.42 Å². The lowest BCUT2D eigenvalue weighted by Crippen LogP contribution is -2.52. The zero-order valence-electron chi connectivity index (χ0n) is 19.5. The Bertz CT molecular complexity index is 1190.